The zero-order valence-corrected chi connectivity index (χ0v) is 14.1. The Morgan fingerprint density at radius 1 is 1.29 bits per heavy atom. The molecule has 0 aliphatic heterocycles. The van der Waals surface area contributed by atoms with Crippen LogP contribution in [0, 0.1) is 6.92 Å². The average Bonchev–Trinajstić information content (AvgIpc) is 2.77. The number of nitrogens with zero attached hydrogens (tertiary/aromatic N) is 2. The van der Waals surface area contributed by atoms with Crippen LogP contribution in [0.4, 0.5) is 0 Å². The molecule has 21 heavy (non-hydrogen) atoms. The number of rotatable bonds is 3. The van der Waals surface area contributed by atoms with Crippen molar-refractivity contribution in [2.75, 3.05) is 7.11 Å². The third kappa shape index (κ3) is 2.65. The maximum atomic E-state index is 6.32. The number of ether oxygens (including phenoxy) is 1. The summed E-state index contributed by atoms with van der Waals surface area (Å²) in [5.41, 5.74) is 3.01. The van der Waals surface area contributed by atoms with Crippen molar-refractivity contribution in [1.29, 1.82) is 0 Å². The summed E-state index contributed by atoms with van der Waals surface area (Å²) in [6.45, 7) is 2.58. The molecule has 0 aliphatic carbocycles. The van der Waals surface area contributed by atoms with Gasteiger partial charge in [0.1, 0.15) is 5.75 Å². The molecule has 0 spiro atoms. The second-order valence-electron chi connectivity index (χ2n) is 4.83. The van der Waals surface area contributed by atoms with Crippen LogP contribution < -0.4 is 4.74 Å². The lowest BCUT2D eigenvalue weighted by atomic mass is 10.2. The van der Waals surface area contributed by atoms with Gasteiger partial charge >= 0.3 is 0 Å². The summed E-state index contributed by atoms with van der Waals surface area (Å²) in [4.78, 5) is 0. The topological polar surface area (TPSA) is 27.1 Å². The maximum Gasteiger partial charge on any atom is 0.125 e. The van der Waals surface area contributed by atoms with Crippen LogP contribution in [-0.2, 0) is 6.54 Å². The highest BCUT2D eigenvalue weighted by Crippen LogP contribution is 2.29. The number of fused-ring (bicyclic) bond motifs is 1. The Morgan fingerprint density at radius 3 is 2.86 bits per heavy atom. The Balaban J connectivity index is 2.13. The Morgan fingerprint density at radius 2 is 2.10 bits per heavy atom. The van der Waals surface area contributed by atoms with Gasteiger partial charge in [0, 0.05) is 20.4 Å². The molecule has 5 heteroatoms. The molecule has 0 amide bonds. The molecule has 0 radical (unpaired) electrons. The number of aromatic nitrogens is 2. The first-order chi connectivity index (χ1) is 10.1. The first-order valence-corrected chi connectivity index (χ1v) is 7.71. The molecule has 1 aromatic heterocycles. The number of methoxy groups -OCH3 is 1. The summed E-state index contributed by atoms with van der Waals surface area (Å²) in [7, 11) is 1.65. The van der Waals surface area contributed by atoms with E-state index in [-0.39, 0.29) is 0 Å². The van der Waals surface area contributed by atoms with Crippen LogP contribution in [0.2, 0.25) is 5.02 Å². The Labute approximate surface area is 136 Å². The van der Waals surface area contributed by atoms with Gasteiger partial charge in [0.15, 0.2) is 0 Å². The number of halogens is 2. The standard InChI is InChI=1S/C16H14BrClN2O/c1-10-12-7-6-11(17)8-15(12)20(19-10)9-13-14(18)4-3-5-16(13)21-2/h3-8H,9H2,1-2H3. The van der Waals surface area contributed by atoms with E-state index in [1.54, 1.807) is 7.11 Å². The lowest BCUT2D eigenvalue weighted by molar-refractivity contribution is 0.407. The summed E-state index contributed by atoms with van der Waals surface area (Å²) in [5, 5.41) is 6.45. The molecule has 3 aromatic rings. The maximum absolute atomic E-state index is 6.32. The quantitative estimate of drug-likeness (QED) is 0.665. The molecular formula is C16H14BrClN2O. The largest absolute Gasteiger partial charge is 0.496 e. The van der Waals surface area contributed by atoms with E-state index in [1.165, 1.54) is 0 Å². The van der Waals surface area contributed by atoms with Gasteiger partial charge in [0.05, 0.1) is 24.9 Å². The molecule has 108 valence electrons. The first-order valence-electron chi connectivity index (χ1n) is 6.54. The summed E-state index contributed by atoms with van der Waals surface area (Å²) in [6, 6.07) is 11.8. The number of benzene rings is 2. The molecule has 3 rings (SSSR count). The fraction of sp³-hybridized carbons (Fsp3) is 0.188. The zero-order valence-electron chi connectivity index (χ0n) is 11.7. The smallest absolute Gasteiger partial charge is 0.125 e. The van der Waals surface area contributed by atoms with Gasteiger partial charge in [-0.25, -0.2) is 0 Å². The molecule has 0 saturated heterocycles. The van der Waals surface area contributed by atoms with Crippen molar-refractivity contribution in [3.63, 3.8) is 0 Å². The molecule has 0 bridgehead atoms. The van der Waals surface area contributed by atoms with E-state index in [0.717, 1.165) is 32.4 Å². The molecule has 0 unspecified atom stereocenters. The van der Waals surface area contributed by atoms with Gasteiger partial charge in [-0.2, -0.15) is 5.10 Å². The van der Waals surface area contributed by atoms with Gasteiger partial charge < -0.3 is 4.74 Å². The van der Waals surface area contributed by atoms with Gasteiger partial charge in [-0.1, -0.05) is 33.6 Å². The highest BCUT2D eigenvalue weighted by Gasteiger charge is 2.13. The zero-order chi connectivity index (χ0) is 15.0. The molecule has 0 fully saturated rings. The van der Waals surface area contributed by atoms with E-state index < -0.39 is 0 Å². The van der Waals surface area contributed by atoms with Crippen molar-refractivity contribution < 1.29 is 4.74 Å². The minimum atomic E-state index is 0.573. The monoisotopic (exact) mass is 364 g/mol. The molecule has 0 N–H and O–H groups in total. The second kappa shape index (κ2) is 5.70. The van der Waals surface area contributed by atoms with Crippen molar-refractivity contribution in [2.45, 2.75) is 13.5 Å². The van der Waals surface area contributed by atoms with Gasteiger partial charge in [0.25, 0.3) is 0 Å². The van der Waals surface area contributed by atoms with E-state index in [4.69, 9.17) is 16.3 Å². The van der Waals surface area contributed by atoms with Crippen molar-refractivity contribution >= 4 is 38.4 Å². The second-order valence-corrected chi connectivity index (χ2v) is 6.15. The minimum Gasteiger partial charge on any atom is -0.496 e. The van der Waals surface area contributed by atoms with Gasteiger partial charge in [-0.05, 0) is 37.3 Å². The SMILES string of the molecule is COc1cccc(Cl)c1Cn1nc(C)c2ccc(Br)cc21. The first kappa shape index (κ1) is 14.4. The lowest BCUT2D eigenvalue weighted by Gasteiger charge is -2.11. The predicted octanol–water partition coefficient (Wildman–Crippen LogP) is 4.82. The third-order valence-electron chi connectivity index (χ3n) is 3.50. The van der Waals surface area contributed by atoms with Crippen molar-refractivity contribution in [3.8, 4) is 5.75 Å². The van der Waals surface area contributed by atoms with Crippen molar-refractivity contribution in [2.24, 2.45) is 0 Å². The number of hydrogen-bond acceptors (Lipinski definition) is 2. The van der Waals surface area contributed by atoms with Crippen molar-refractivity contribution in [1.82, 2.24) is 9.78 Å². The third-order valence-corrected chi connectivity index (χ3v) is 4.35. The van der Waals surface area contributed by atoms with Crippen LogP contribution in [0.15, 0.2) is 40.9 Å². The highest BCUT2D eigenvalue weighted by molar-refractivity contribution is 9.10. The average molecular weight is 366 g/mol. The Bertz CT molecular complexity index is 813. The van der Waals surface area contributed by atoms with Crippen LogP contribution >= 0.6 is 27.5 Å². The van der Waals surface area contributed by atoms with E-state index in [1.807, 2.05) is 35.9 Å². The van der Waals surface area contributed by atoms with E-state index in [0.29, 0.717) is 11.6 Å². The van der Waals surface area contributed by atoms with Crippen LogP contribution in [-0.4, -0.2) is 16.9 Å². The number of hydrogen-bond donors (Lipinski definition) is 0. The van der Waals surface area contributed by atoms with E-state index in [9.17, 15) is 0 Å². The molecule has 0 atom stereocenters. The summed E-state index contributed by atoms with van der Waals surface area (Å²) in [6.07, 6.45) is 0. The van der Waals surface area contributed by atoms with Crippen LogP contribution in [0.5, 0.6) is 5.75 Å². The summed E-state index contributed by atoms with van der Waals surface area (Å²) in [5.74, 6) is 0.777. The number of aryl methyl sites for hydroxylation is 1. The molecule has 1 heterocycles. The minimum absolute atomic E-state index is 0.573. The lowest BCUT2D eigenvalue weighted by Crippen LogP contribution is -2.04. The van der Waals surface area contributed by atoms with Crippen LogP contribution in [0.25, 0.3) is 10.9 Å². The Hall–Kier alpha value is -1.52. The molecule has 3 nitrogen and oxygen atoms in total. The van der Waals surface area contributed by atoms with Crippen molar-refractivity contribution in [3.05, 3.63) is 57.2 Å². The van der Waals surface area contributed by atoms with Crippen LogP contribution in [0.1, 0.15) is 11.3 Å². The Kier molecular flexibility index (Phi) is 3.91. The highest BCUT2D eigenvalue weighted by atomic mass is 79.9. The summed E-state index contributed by atoms with van der Waals surface area (Å²) < 4.78 is 8.39. The van der Waals surface area contributed by atoms with Gasteiger partial charge in [-0.15, -0.1) is 0 Å². The molecular weight excluding hydrogens is 352 g/mol. The summed E-state index contributed by atoms with van der Waals surface area (Å²) >= 11 is 9.83. The van der Waals surface area contributed by atoms with Gasteiger partial charge in [0.2, 0.25) is 0 Å². The van der Waals surface area contributed by atoms with E-state index >= 15 is 0 Å². The predicted molar refractivity (Wildman–Crippen MR) is 89.3 cm³/mol. The normalized spacial score (nSPS) is 11.0. The van der Waals surface area contributed by atoms with Gasteiger partial charge in [-0.3, -0.25) is 4.68 Å². The molecule has 0 aliphatic rings. The molecule has 2 aromatic carbocycles. The van der Waals surface area contributed by atoms with Crippen LogP contribution in [0.3, 0.4) is 0 Å². The fourth-order valence-corrected chi connectivity index (χ4v) is 3.04. The molecule has 0 saturated carbocycles. The van der Waals surface area contributed by atoms with E-state index in [2.05, 4.69) is 33.2 Å². The fourth-order valence-electron chi connectivity index (χ4n) is 2.47.